The quantitative estimate of drug-likeness (QED) is 0.589. The van der Waals surface area contributed by atoms with Crippen LogP contribution >= 0.6 is 0 Å². The average molecular weight is 393 g/mol. The van der Waals surface area contributed by atoms with Crippen LogP contribution in [0.5, 0.6) is 5.75 Å². The molecule has 1 unspecified atom stereocenters. The van der Waals surface area contributed by atoms with Crippen molar-refractivity contribution in [1.29, 1.82) is 0 Å². The highest BCUT2D eigenvalue weighted by Gasteiger charge is 2.20. The van der Waals surface area contributed by atoms with Gasteiger partial charge in [-0.1, -0.05) is 31.4 Å². The minimum Gasteiger partial charge on any atom is -0.491 e. The lowest BCUT2D eigenvalue weighted by molar-refractivity contribution is 0.0561. The van der Waals surface area contributed by atoms with E-state index in [4.69, 9.17) is 9.47 Å². The maximum atomic E-state index is 10.4. The van der Waals surface area contributed by atoms with E-state index in [1.165, 1.54) is 37.7 Å². The zero-order chi connectivity index (χ0) is 20.4. The Hall–Kier alpha value is -1.14. The molecule has 1 saturated carbocycles. The van der Waals surface area contributed by atoms with Gasteiger partial charge in [0.1, 0.15) is 18.5 Å². The summed E-state index contributed by atoms with van der Waals surface area (Å²) in [6.07, 6.45) is 6.01. The lowest BCUT2D eigenvalue weighted by Gasteiger charge is -2.32. The smallest absolute Gasteiger partial charge is 0.119 e. The second-order valence-corrected chi connectivity index (χ2v) is 8.40. The Kier molecular flexibility index (Phi) is 10.3. The Morgan fingerprint density at radius 3 is 2.61 bits per heavy atom. The van der Waals surface area contributed by atoms with Crippen LogP contribution < -0.4 is 4.74 Å². The number of rotatable bonds is 12. The molecule has 0 aliphatic heterocycles. The molecule has 1 aromatic carbocycles. The number of methoxy groups -OCH3 is 1. The lowest BCUT2D eigenvalue weighted by atomic mass is 9.94. The van der Waals surface area contributed by atoms with Crippen molar-refractivity contribution in [1.82, 2.24) is 9.80 Å². The Balaban J connectivity index is 1.81. The van der Waals surface area contributed by atoms with Crippen LogP contribution in [-0.2, 0) is 11.3 Å². The first-order chi connectivity index (χ1) is 13.5. The molecule has 0 spiro atoms. The van der Waals surface area contributed by atoms with Gasteiger partial charge in [-0.3, -0.25) is 4.90 Å². The minimum absolute atomic E-state index is 0.331. The van der Waals surface area contributed by atoms with E-state index in [9.17, 15) is 5.11 Å². The third kappa shape index (κ3) is 8.08. The fourth-order valence-electron chi connectivity index (χ4n) is 3.94. The predicted molar refractivity (Wildman–Crippen MR) is 115 cm³/mol. The van der Waals surface area contributed by atoms with E-state index in [-0.39, 0.29) is 0 Å². The van der Waals surface area contributed by atoms with E-state index in [2.05, 4.69) is 42.8 Å². The Labute approximate surface area is 171 Å². The molecule has 160 valence electrons. The van der Waals surface area contributed by atoms with Crippen molar-refractivity contribution in [3.05, 3.63) is 29.8 Å². The van der Waals surface area contributed by atoms with E-state index < -0.39 is 6.10 Å². The van der Waals surface area contributed by atoms with Gasteiger partial charge >= 0.3 is 0 Å². The third-order valence-corrected chi connectivity index (χ3v) is 5.74. The molecule has 5 nitrogen and oxygen atoms in total. The summed E-state index contributed by atoms with van der Waals surface area (Å²) in [5, 5.41) is 10.4. The molecule has 1 aliphatic rings. The summed E-state index contributed by atoms with van der Waals surface area (Å²) >= 11 is 0. The van der Waals surface area contributed by atoms with Crippen LogP contribution in [0.2, 0.25) is 0 Å². The molecule has 0 amide bonds. The third-order valence-electron chi connectivity index (χ3n) is 5.74. The number of aliphatic hydroxyl groups is 1. The van der Waals surface area contributed by atoms with Gasteiger partial charge in [-0.2, -0.15) is 0 Å². The maximum absolute atomic E-state index is 10.4. The van der Waals surface area contributed by atoms with E-state index >= 15 is 0 Å². The second-order valence-electron chi connectivity index (χ2n) is 8.40. The average Bonchev–Trinajstić information content (AvgIpc) is 2.70. The molecule has 0 heterocycles. The highest BCUT2D eigenvalue weighted by Crippen LogP contribution is 2.22. The molecule has 1 atom stereocenters. The molecule has 0 radical (unpaired) electrons. The molecule has 2 rings (SSSR count). The van der Waals surface area contributed by atoms with Gasteiger partial charge < -0.3 is 19.5 Å². The van der Waals surface area contributed by atoms with Gasteiger partial charge in [0.05, 0.1) is 6.61 Å². The maximum Gasteiger partial charge on any atom is 0.119 e. The molecule has 28 heavy (non-hydrogen) atoms. The van der Waals surface area contributed by atoms with Crippen LogP contribution in [-0.4, -0.2) is 73.6 Å². The van der Waals surface area contributed by atoms with Crippen LogP contribution in [0, 0.1) is 0 Å². The van der Waals surface area contributed by atoms with E-state index in [0.29, 0.717) is 25.2 Å². The van der Waals surface area contributed by atoms with E-state index in [1.54, 1.807) is 7.11 Å². The predicted octanol–water partition coefficient (Wildman–Crippen LogP) is 3.55. The summed E-state index contributed by atoms with van der Waals surface area (Å²) in [7, 11) is 3.87. The highest BCUT2D eigenvalue weighted by molar-refractivity contribution is 5.28. The summed E-state index contributed by atoms with van der Waals surface area (Å²) in [5.74, 6) is 0.826. The molecule has 1 aromatic rings. The minimum atomic E-state index is -0.468. The van der Waals surface area contributed by atoms with Crippen molar-refractivity contribution in [2.45, 2.75) is 70.7 Å². The number of benzene rings is 1. The molecular weight excluding hydrogens is 352 g/mol. The summed E-state index contributed by atoms with van der Waals surface area (Å²) in [4.78, 5) is 4.69. The van der Waals surface area contributed by atoms with Crippen LogP contribution in [0.25, 0.3) is 0 Å². The van der Waals surface area contributed by atoms with Crippen molar-refractivity contribution in [3.8, 4) is 5.75 Å². The topological polar surface area (TPSA) is 45.2 Å². The van der Waals surface area contributed by atoms with Crippen molar-refractivity contribution in [2.24, 2.45) is 0 Å². The second kappa shape index (κ2) is 12.4. The molecule has 5 heteroatoms. The number of hydrogen-bond donors (Lipinski definition) is 1. The molecular formula is C23H40N2O3. The van der Waals surface area contributed by atoms with E-state index in [1.807, 2.05) is 12.1 Å². The molecule has 0 saturated heterocycles. The molecule has 0 bridgehead atoms. The van der Waals surface area contributed by atoms with E-state index in [0.717, 1.165) is 25.4 Å². The number of hydrogen-bond acceptors (Lipinski definition) is 5. The lowest BCUT2D eigenvalue weighted by Crippen LogP contribution is -2.40. The van der Waals surface area contributed by atoms with Crippen molar-refractivity contribution in [3.63, 3.8) is 0 Å². The SMILES string of the molecule is COCCN(Cc1cccc(OCC(O)CN(C)C2CCCCC2)c1)C(C)C. The Bertz CT molecular complexity index is 546. The Morgan fingerprint density at radius 1 is 1.18 bits per heavy atom. The molecule has 1 aliphatic carbocycles. The first-order valence-corrected chi connectivity index (χ1v) is 10.8. The van der Waals surface area contributed by atoms with Crippen molar-refractivity contribution >= 4 is 0 Å². The monoisotopic (exact) mass is 392 g/mol. The van der Waals surface area contributed by atoms with Crippen LogP contribution in [0.15, 0.2) is 24.3 Å². The number of ether oxygens (including phenoxy) is 2. The normalized spacial score (nSPS) is 16.9. The fourth-order valence-corrected chi connectivity index (χ4v) is 3.94. The highest BCUT2D eigenvalue weighted by atomic mass is 16.5. The van der Waals surface area contributed by atoms with Gasteiger partial charge in [0.25, 0.3) is 0 Å². The molecule has 1 N–H and O–H groups in total. The summed E-state index contributed by atoms with van der Waals surface area (Å²) in [5.41, 5.74) is 1.22. The largest absolute Gasteiger partial charge is 0.491 e. The summed E-state index contributed by atoms with van der Waals surface area (Å²) in [6.45, 7) is 7.91. The van der Waals surface area contributed by atoms with Gasteiger partial charge in [-0.25, -0.2) is 0 Å². The van der Waals surface area contributed by atoms with Gasteiger partial charge in [-0.15, -0.1) is 0 Å². The van der Waals surface area contributed by atoms with Gasteiger partial charge in [0.2, 0.25) is 0 Å². The van der Waals surface area contributed by atoms with Gasteiger partial charge in [-0.05, 0) is 51.4 Å². The summed E-state index contributed by atoms with van der Waals surface area (Å²) < 4.78 is 11.1. The van der Waals surface area contributed by atoms with Crippen molar-refractivity contribution < 1.29 is 14.6 Å². The zero-order valence-electron chi connectivity index (χ0n) is 18.3. The first kappa shape index (κ1) is 23.1. The van der Waals surface area contributed by atoms with Gasteiger partial charge in [0.15, 0.2) is 0 Å². The number of aliphatic hydroxyl groups excluding tert-OH is 1. The standard InChI is InChI=1S/C23H40N2O3/c1-19(2)25(13-14-27-4)16-20-9-8-12-23(15-20)28-18-22(26)17-24(3)21-10-6-5-7-11-21/h8-9,12,15,19,21-22,26H,5-7,10-11,13-14,16-18H2,1-4H3. The first-order valence-electron chi connectivity index (χ1n) is 10.8. The molecule has 0 aromatic heterocycles. The molecule has 1 fully saturated rings. The number of nitrogens with zero attached hydrogens (tertiary/aromatic N) is 2. The van der Waals surface area contributed by atoms with Crippen molar-refractivity contribution in [2.75, 3.05) is 40.5 Å². The fraction of sp³-hybridized carbons (Fsp3) is 0.739. The van der Waals surface area contributed by atoms with Gasteiger partial charge in [0, 0.05) is 38.8 Å². The zero-order valence-corrected chi connectivity index (χ0v) is 18.3. The Morgan fingerprint density at radius 2 is 1.93 bits per heavy atom. The summed E-state index contributed by atoms with van der Waals surface area (Å²) in [6, 6.07) is 9.27. The number of likely N-dealkylation sites (N-methyl/N-ethyl adjacent to an activating group) is 1. The van der Waals surface area contributed by atoms with Crippen LogP contribution in [0.4, 0.5) is 0 Å². The van der Waals surface area contributed by atoms with Crippen LogP contribution in [0.1, 0.15) is 51.5 Å². The van der Waals surface area contributed by atoms with Crippen LogP contribution in [0.3, 0.4) is 0 Å².